The van der Waals surface area contributed by atoms with Gasteiger partial charge in [-0.3, -0.25) is 9.59 Å². The molecule has 0 unspecified atom stereocenters. The molecular formula is C19H18N6O2. The maximum atomic E-state index is 12.4. The maximum absolute atomic E-state index is 12.4. The van der Waals surface area contributed by atoms with Crippen molar-refractivity contribution in [2.24, 2.45) is 0 Å². The van der Waals surface area contributed by atoms with Gasteiger partial charge >= 0.3 is 0 Å². The molecule has 0 spiro atoms. The maximum Gasteiger partial charge on any atom is 0.248 e. The molecule has 1 fully saturated rings. The van der Waals surface area contributed by atoms with Crippen molar-refractivity contribution >= 4 is 23.2 Å². The summed E-state index contributed by atoms with van der Waals surface area (Å²) in [5.41, 5.74) is 2.15. The number of carbonyl (C=O) groups is 2. The summed E-state index contributed by atoms with van der Waals surface area (Å²) < 4.78 is 0. The fourth-order valence-corrected chi connectivity index (χ4v) is 3.05. The zero-order valence-corrected chi connectivity index (χ0v) is 14.6. The van der Waals surface area contributed by atoms with Crippen LogP contribution in [0.4, 0.5) is 11.4 Å². The van der Waals surface area contributed by atoms with E-state index in [1.165, 1.54) is 4.80 Å². The molecule has 27 heavy (non-hydrogen) atoms. The van der Waals surface area contributed by atoms with Crippen LogP contribution in [-0.4, -0.2) is 38.6 Å². The van der Waals surface area contributed by atoms with E-state index in [1.807, 2.05) is 48.5 Å². The van der Waals surface area contributed by atoms with Crippen LogP contribution in [0.3, 0.4) is 0 Å². The number of hydrogen-bond acceptors (Lipinski definition) is 5. The minimum absolute atomic E-state index is 0.0673. The summed E-state index contributed by atoms with van der Waals surface area (Å²) in [7, 11) is 0. The number of para-hydroxylation sites is 2. The first-order valence-corrected chi connectivity index (χ1v) is 8.73. The fraction of sp³-hybridized carbons (Fsp3) is 0.211. The van der Waals surface area contributed by atoms with Crippen LogP contribution >= 0.6 is 0 Å². The minimum Gasteiger partial charge on any atom is -0.323 e. The van der Waals surface area contributed by atoms with Crippen LogP contribution in [0.2, 0.25) is 0 Å². The number of benzene rings is 2. The van der Waals surface area contributed by atoms with Gasteiger partial charge in [0.25, 0.3) is 0 Å². The molecule has 3 aromatic rings. The van der Waals surface area contributed by atoms with Gasteiger partial charge in [0.05, 0.1) is 11.4 Å². The van der Waals surface area contributed by atoms with Crippen LogP contribution in [0, 0.1) is 0 Å². The lowest BCUT2D eigenvalue weighted by Gasteiger charge is -2.19. The van der Waals surface area contributed by atoms with Crippen LogP contribution < -0.4 is 10.2 Å². The summed E-state index contributed by atoms with van der Waals surface area (Å²) in [4.78, 5) is 27.4. The molecule has 2 heterocycles. The molecule has 1 N–H and O–H groups in total. The largest absolute Gasteiger partial charge is 0.323 e. The first kappa shape index (κ1) is 16.9. The number of carbonyl (C=O) groups excluding carboxylic acids is 2. The van der Waals surface area contributed by atoms with Gasteiger partial charge < -0.3 is 10.2 Å². The monoisotopic (exact) mass is 362 g/mol. The average Bonchev–Trinajstić information content (AvgIpc) is 3.32. The molecule has 2 amide bonds. The predicted molar refractivity (Wildman–Crippen MR) is 99.9 cm³/mol. The lowest BCUT2D eigenvalue weighted by molar-refractivity contribution is -0.118. The first-order chi connectivity index (χ1) is 13.2. The fourth-order valence-electron chi connectivity index (χ4n) is 3.05. The van der Waals surface area contributed by atoms with E-state index in [9.17, 15) is 9.59 Å². The summed E-state index contributed by atoms with van der Waals surface area (Å²) in [5.74, 6) is 0.250. The lowest BCUT2D eigenvalue weighted by atomic mass is 10.2. The smallest absolute Gasteiger partial charge is 0.248 e. The molecule has 0 saturated carbocycles. The standard InChI is InChI=1S/C19H18N6O2/c26-17(13-25-22-19(21-23-25)14-7-2-1-3-8-14)20-15-9-4-5-10-16(15)24-12-6-11-18(24)27/h1-5,7-10H,6,11-13H2,(H,20,26). The number of anilines is 2. The summed E-state index contributed by atoms with van der Waals surface area (Å²) in [6.07, 6.45) is 1.36. The van der Waals surface area contributed by atoms with E-state index in [4.69, 9.17) is 0 Å². The van der Waals surface area contributed by atoms with Gasteiger partial charge in [-0.25, -0.2) is 0 Å². The molecule has 0 aliphatic carbocycles. The molecular weight excluding hydrogens is 344 g/mol. The molecule has 2 aromatic carbocycles. The highest BCUT2D eigenvalue weighted by Gasteiger charge is 2.24. The number of rotatable bonds is 5. The first-order valence-electron chi connectivity index (χ1n) is 8.73. The molecule has 0 bridgehead atoms. The highest BCUT2D eigenvalue weighted by molar-refractivity contribution is 6.01. The van der Waals surface area contributed by atoms with Crippen molar-refractivity contribution < 1.29 is 9.59 Å². The summed E-state index contributed by atoms with van der Waals surface area (Å²) >= 11 is 0. The van der Waals surface area contributed by atoms with Crippen molar-refractivity contribution in [2.45, 2.75) is 19.4 Å². The van der Waals surface area contributed by atoms with Crippen molar-refractivity contribution in [3.8, 4) is 11.4 Å². The van der Waals surface area contributed by atoms with Gasteiger partial charge in [-0.2, -0.15) is 4.80 Å². The summed E-state index contributed by atoms with van der Waals surface area (Å²) in [5, 5.41) is 15.0. The third-order valence-electron chi connectivity index (χ3n) is 4.31. The summed E-state index contributed by atoms with van der Waals surface area (Å²) in [6, 6.07) is 16.7. The van der Waals surface area contributed by atoms with E-state index >= 15 is 0 Å². The van der Waals surface area contributed by atoms with E-state index in [0.29, 0.717) is 30.2 Å². The van der Waals surface area contributed by atoms with Crippen molar-refractivity contribution in [3.63, 3.8) is 0 Å². The third kappa shape index (κ3) is 3.69. The van der Waals surface area contributed by atoms with Crippen LogP contribution in [0.1, 0.15) is 12.8 Å². The Morgan fingerprint density at radius 2 is 1.85 bits per heavy atom. The molecule has 4 rings (SSSR count). The number of nitrogens with zero attached hydrogens (tertiary/aromatic N) is 5. The van der Waals surface area contributed by atoms with Gasteiger partial charge in [0, 0.05) is 18.5 Å². The van der Waals surface area contributed by atoms with Crippen molar-refractivity contribution in [1.29, 1.82) is 0 Å². The SMILES string of the molecule is O=C(Cn1nnc(-c2ccccc2)n1)Nc1ccccc1N1CCCC1=O. The zero-order chi connectivity index (χ0) is 18.6. The van der Waals surface area contributed by atoms with Crippen LogP contribution in [-0.2, 0) is 16.1 Å². The topological polar surface area (TPSA) is 93.0 Å². The summed E-state index contributed by atoms with van der Waals surface area (Å²) in [6.45, 7) is 0.596. The highest BCUT2D eigenvalue weighted by atomic mass is 16.2. The second kappa shape index (κ2) is 7.36. The second-order valence-corrected chi connectivity index (χ2v) is 6.22. The quantitative estimate of drug-likeness (QED) is 0.750. The Kier molecular flexibility index (Phi) is 4.61. The number of amides is 2. The molecule has 8 nitrogen and oxygen atoms in total. The molecule has 0 radical (unpaired) electrons. The van der Waals surface area contributed by atoms with Gasteiger partial charge in [-0.15, -0.1) is 10.2 Å². The van der Waals surface area contributed by atoms with E-state index in [-0.39, 0.29) is 18.4 Å². The molecule has 1 aliphatic heterocycles. The zero-order valence-electron chi connectivity index (χ0n) is 14.6. The molecule has 136 valence electrons. The lowest BCUT2D eigenvalue weighted by Crippen LogP contribution is -2.26. The molecule has 1 aromatic heterocycles. The highest BCUT2D eigenvalue weighted by Crippen LogP contribution is 2.29. The second-order valence-electron chi connectivity index (χ2n) is 6.22. The molecule has 1 aliphatic rings. The van der Waals surface area contributed by atoms with Crippen LogP contribution in [0.15, 0.2) is 54.6 Å². The van der Waals surface area contributed by atoms with Crippen LogP contribution in [0.25, 0.3) is 11.4 Å². The van der Waals surface area contributed by atoms with E-state index < -0.39 is 0 Å². The van der Waals surface area contributed by atoms with E-state index in [2.05, 4.69) is 20.7 Å². The predicted octanol–water partition coefficient (Wildman–Crippen LogP) is 2.11. The number of tetrazole rings is 1. The Bertz CT molecular complexity index is 969. The van der Waals surface area contributed by atoms with Crippen molar-refractivity contribution in [1.82, 2.24) is 20.2 Å². The van der Waals surface area contributed by atoms with E-state index in [0.717, 1.165) is 12.0 Å². The average molecular weight is 362 g/mol. The molecule has 0 atom stereocenters. The third-order valence-corrected chi connectivity index (χ3v) is 4.31. The van der Waals surface area contributed by atoms with Gasteiger partial charge in [-0.05, 0) is 23.8 Å². The van der Waals surface area contributed by atoms with Crippen LogP contribution in [0.5, 0.6) is 0 Å². The Balaban J connectivity index is 1.46. The van der Waals surface area contributed by atoms with Gasteiger partial charge in [-0.1, -0.05) is 42.5 Å². The van der Waals surface area contributed by atoms with E-state index in [1.54, 1.807) is 11.0 Å². The Labute approximate surface area is 155 Å². The van der Waals surface area contributed by atoms with Crippen molar-refractivity contribution in [2.75, 3.05) is 16.8 Å². The van der Waals surface area contributed by atoms with Gasteiger partial charge in [0.15, 0.2) is 0 Å². The molecule has 1 saturated heterocycles. The minimum atomic E-state index is -0.286. The van der Waals surface area contributed by atoms with Gasteiger partial charge in [0.2, 0.25) is 17.6 Å². The number of hydrogen-bond donors (Lipinski definition) is 1. The normalized spacial score (nSPS) is 13.8. The van der Waals surface area contributed by atoms with Gasteiger partial charge in [0.1, 0.15) is 6.54 Å². The van der Waals surface area contributed by atoms with Crippen molar-refractivity contribution in [3.05, 3.63) is 54.6 Å². The molecule has 8 heteroatoms. The number of nitrogens with one attached hydrogen (secondary N) is 1. The Morgan fingerprint density at radius 1 is 1.07 bits per heavy atom. The Hall–Kier alpha value is -3.55. The Morgan fingerprint density at radius 3 is 2.63 bits per heavy atom. The number of aromatic nitrogens is 4.